The van der Waals surface area contributed by atoms with Gasteiger partial charge in [0.1, 0.15) is 12.7 Å². The monoisotopic (exact) mass is 828 g/mol. The Morgan fingerprint density at radius 2 is 0.932 bits per heavy atom. The fourth-order valence-corrected chi connectivity index (χ4v) is 10.6. The molecule has 0 aromatic rings. The van der Waals surface area contributed by atoms with Crippen molar-refractivity contribution in [2.75, 3.05) is 33.9 Å². The number of esters is 3. The molecule has 0 bridgehead atoms. The number of nitrogens with zero attached hydrogens (tertiary/aromatic N) is 1. The lowest BCUT2D eigenvalue weighted by molar-refractivity contribution is -0.168. The van der Waals surface area contributed by atoms with Gasteiger partial charge < -0.3 is 23.8 Å². The fraction of sp³-hybridized carbons (Fsp3) is 0.941. The highest BCUT2D eigenvalue weighted by atomic mass is 16.6. The van der Waals surface area contributed by atoms with Crippen LogP contribution in [0.4, 0.5) is 0 Å². The molecule has 0 amide bonds. The van der Waals surface area contributed by atoms with Gasteiger partial charge in [0.2, 0.25) is 0 Å². The van der Waals surface area contributed by atoms with Crippen molar-refractivity contribution in [1.29, 1.82) is 0 Å². The molecule has 0 radical (unpaired) electrons. The molecule has 4 aliphatic carbocycles. The van der Waals surface area contributed by atoms with E-state index >= 15 is 0 Å². The molecule has 340 valence electrons. The Hall–Kier alpha value is -1.67. The maximum Gasteiger partial charge on any atom is 0.306 e. The predicted octanol–water partition coefficient (Wildman–Crippen LogP) is 12.0. The van der Waals surface area contributed by atoms with Gasteiger partial charge in [0, 0.05) is 19.3 Å². The fourth-order valence-electron chi connectivity index (χ4n) is 10.6. The van der Waals surface area contributed by atoms with Crippen molar-refractivity contribution in [3.63, 3.8) is 0 Å². The smallest absolute Gasteiger partial charge is 0.306 e. The lowest BCUT2D eigenvalue weighted by Gasteiger charge is -2.23. The molecule has 0 aromatic carbocycles. The topological polar surface area (TPSA) is 91.4 Å². The molecule has 1 heterocycles. The first-order chi connectivity index (χ1) is 28.7. The SMILES string of the molecule is CCCCCC1CC1CC1CC1CCCCCCCC(=O)O[C@@H]1[C@@H](OC(=O)CCCCCCCC2CC2CC2CC2CCCCC)CO[C@@H]1COC(=O)CCCN(C)C. The van der Waals surface area contributed by atoms with Gasteiger partial charge in [-0.05, 0) is 126 Å². The van der Waals surface area contributed by atoms with E-state index in [1.54, 1.807) is 0 Å². The maximum atomic E-state index is 13.1. The van der Waals surface area contributed by atoms with E-state index in [1.807, 2.05) is 19.0 Å². The van der Waals surface area contributed by atoms with E-state index in [1.165, 1.54) is 128 Å². The van der Waals surface area contributed by atoms with E-state index in [9.17, 15) is 14.4 Å². The summed E-state index contributed by atoms with van der Waals surface area (Å²) >= 11 is 0. The van der Waals surface area contributed by atoms with Gasteiger partial charge in [-0.3, -0.25) is 14.4 Å². The van der Waals surface area contributed by atoms with Gasteiger partial charge in [0.25, 0.3) is 0 Å². The number of ether oxygens (including phenoxy) is 4. The second-order valence-corrected chi connectivity index (χ2v) is 20.5. The lowest BCUT2D eigenvalue weighted by atomic mass is 10.0. The summed E-state index contributed by atoms with van der Waals surface area (Å²) in [5.41, 5.74) is 0. The van der Waals surface area contributed by atoms with Crippen LogP contribution in [0, 0.1) is 47.3 Å². The van der Waals surface area contributed by atoms with Crippen LogP contribution in [0.15, 0.2) is 0 Å². The van der Waals surface area contributed by atoms with Crippen LogP contribution < -0.4 is 0 Å². The maximum absolute atomic E-state index is 13.1. The van der Waals surface area contributed by atoms with E-state index < -0.39 is 18.3 Å². The van der Waals surface area contributed by atoms with Crippen molar-refractivity contribution < 1.29 is 33.3 Å². The molecule has 11 atom stereocenters. The third-order valence-corrected chi connectivity index (χ3v) is 14.9. The first-order valence-electron chi connectivity index (χ1n) is 25.5. The van der Waals surface area contributed by atoms with Crippen molar-refractivity contribution in [3.8, 4) is 0 Å². The molecule has 59 heavy (non-hydrogen) atoms. The van der Waals surface area contributed by atoms with Crippen LogP contribution in [0.25, 0.3) is 0 Å². The summed E-state index contributed by atoms with van der Waals surface area (Å²) in [6.07, 6.45) is 33.6. The molecule has 0 aromatic heterocycles. The summed E-state index contributed by atoms with van der Waals surface area (Å²) in [6.45, 7) is 5.52. The molecule has 4 saturated carbocycles. The van der Waals surface area contributed by atoms with Crippen LogP contribution in [0.5, 0.6) is 0 Å². The third kappa shape index (κ3) is 19.5. The number of rotatable bonds is 36. The van der Waals surface area contributed by atoms with E-state index in [-0.39, 0.29) is 31.1 Å². The second kappa shape index (κ2) is 26.7. The van der Waals surface area contributed by atoms with Gasteiger partial charge in [-0.1, -0.05) is 129 Å². The third-order valence-electron chi connectivity index (χ3n) is 14.9. The second-order valence-electron chi connectivity index (χ2n) is 20.5. The van der Waals surface area contributed by atoms with E-state index in [4.69, 9.17) is 18.9 Å². The average Bonchev–Trinajstić information content (AvgIpc) is 4.09. The Labute approximate surface area is 361 Å². The summed E-state index contributed by atoms with van der Waals surface area (Å²) in [6, 6.07) is 0. The van der Waals surface area contributed by atoms with Gasteiger partial charge in [-0.2, -0.15) is 0 Å². The molecule has 0 N–H and O–H groups in total. The van der Waals surface area contributed by atoms with E-state index in [2.05, 4.69) is 13.8 Å². The summed E-state index contributed by atoms with van der Waals surface area (Å²) in [5, 5.41) is 0. The largest absolute Gasteiger partial charge is 0.463 e. The minimum atomic E-state index is -0.770. The Bertz CT molecular complexity index is 1210. The van der Waals surface area contributed by atoms with Crippen molar-refractivity contribution in [2.24, 2.45) is 47.3 Å². The van der Waals surface area contributed by atoms with Crippen LogP contribution in [0.3, 0.4) is 0 Å². The zero-order valence-electron chi connectivity index (χ0n) is 38.5. The van der Waals surface area contributed by atoms with Gasteiger partial charge in [-0.25, -0.2) is 0 Å². The van der Waals surface area contributed by atoms with Crippen LogP contribution in [0.2, 0.25) is 0 Å². The molecule has 8 nitrogen and oxygen atoms in total. The molecule has 8 heteroatoms. The van der Waals surface area contributed by atoms with Crippen molar-refractivity contribution >= 4 is 17.9 Å². The molecule has 1 aliphatic heterocycles. The average molecular weight is 828 g/mol. The highest BCUT2D eigenvalue weighted by molar-refractivity contribution is 5.71. The number of carbonyl (C=O) groups excluding carboxylic acids is 3. The Morgan fingerprint density at radius 1 is 0.508 bits per heavy atom. The number of hydrogen-bond acceptors (Lipinski definition) is 8. The highest BCUT2D eigenvalue weighted by Gasteiger charge is 2.46. The Morgan fingerprint density at radius 3 is 1.41 bits per heavy atom. The normalized spacial score (nSPS) is 30.4. The van der Waals surface area contributed by atoms with Gasteiger partial charge in [0.15, 0.2) is 12.2 Å². The first-order valence-corrected chi connectivity index (χ1v) is 25.5. The Kier molecular flexibility index (Phi) is 21.9. The molecular weight excluding hydrogens is 739 g/mol. The quantitative estimate of drug-likeness (QED) is 0.0350. The summed E-state index contributed by atoms with van der Waals surface area (Å²) < 4.78 is 23.3. The van der Waals surface area contributed by atoms with Gasteiger partial charge >= 0.3 is 17.9 Å². The van der Waals surface area contributed by atoms with Crippen molar-refractivity contribution in [3.05, 3.63) is 0 Å². The first kappa shape index (κ1) is 48.4. The van der Waals surface area contributed by atoms with Crippen LogP contribution >= 0.6 is 0 Å². The van der Waals surface area contributed by atoms with Crippen LogP contribution in [-0.4, -0.2) is 75.0 Å². The molecule has 8 unspecified atom stereocenters. The molecular formula is C51H89NO7. The van der Waals surface area contributed by atoms with Gasteiger partial charge in [-0.15, -0.1) is 0 Å². The molecule has 0 spiro atoms. The Balaban J connectivity index is 0.903. The molecule has 5 aliphatic rings. The molecule has 1 saturated heterocycles. The van der Waals surface area contributed by atoms with Crippen molar-refractivity contribution in [2.45, 2.75) is 225 Å². The van der Waals surface area contributed by atoms with Crippen LogP contribution in [-0.2, 0) is 33.3 Å². The van der Waals surface area contributed by atoms with Crippen molar-refractivity contribution in [1.82, 2.24) is 4.90 Å². The minimum Gasteiger partial charge on any atom is -0.463 e. The lowest BCUT2D eigenvalue weighted by Crippen LogP contribution is -2.40. The molecule has 5 fully saturated rings. The highest BCUT2D eigenvalue weighted by Crippen LogP contribution is 2.55. The number of unbranched alkanes of at least 4 members (excludes halogenated alkanes) is 12. The number of carbonyl (C=O) groups is 3. The van der Waals surface area contributed by atoms with Gasteiger partial charge in [0.05, 0.1) is 6.61 Å². The number of hydrogen-bond donors (Lipinski definition) is 0. The van der Waals surface area contributed by atoms with Crippen LogP contribution in [0.1, 0.15) is 206 Å². The van der Waals surface area contributed by atoms with E-state index in [0.29, 0.717) is 25.7 Å². The summed E-state index contributed by atoms with van der Waals surface area (Å²) in [7, 11) is 3.95. The summed E-state index contributed by atoms with van der Waals surface area (Å²) in [4.78, 5) is 40.5. The minimum absolute atomic E-state index is 0.0173. The van der Waals surface area contributed by atoms with E-state index in [0.717, 1.165) is 92.4 Å². The summed E-state index contributed by atoms with van der Waals surface area (Å²) in [5.74, 6) is 7.30. The zero-order chi connectivity index (χ0) is 41.8. The zero-order valence-corrected chi connectivity index (χ0v) is 38.5. The standard InChI is InChI=1S/C51H89NO7/c1-5-7-15-22-38-30-42(38)34-44-32-40(44)24-17-11-9-13-19-26-49(54)58-47-37-56-46(36-57-48(53)28-21-29-52(3)4)51(47)59-50(55)27-20-14-10-12-18-25-41-33-45(41)35-43-31-39(43)23-16-8-6-2/h38-47,51H,5-37H2,1-4H3/t38?,39?,40?,41?,42?,43?,44?,45?,46-,47+,51+/m1/s1. The molecule has 5 rings (SSSR count). The predicted molar refractivity (Wildman–Crippen MR) is 237 cm³/mol.